The Morgan fingerprint density at radius 3 is 3.17 bits per heavy atom. The molecule has 0 spiro atoms. The van der Waals surface area contributed by atoms with Crippen LogP contribution in [0, 0.1) is 0 Å². The van der Waals surface area contributed by atoms with E-state index in [-0.39, 0.29) is 12.5 Å². The molecule has 3 N–H and O–H groups in total. The van der Waals surface area contributed by atoms with Gasteiger partial charge >= 0.3 is 0 Å². The van der Waals surface area contributed by atoms with Crippen LogP contribution in [0.15, 0.2) is 12.4 Å². The molecule has 100 valence electrons. The van der Waals surface area contributed by atoms with Gasteiger partial charge in [-0.1, -0.05) is 0 Å². The van der Waals surface area contributed by atoms with E-state index in [1.165, 1.54) is 17.3 Å². The average molecular weight is 252 g/mol. The van der Waals surface area contributed by atoms with Crippen molar-refractivity contribution >= 4 is 11.6 Å². The van der Waals surface area contributed by atoms with Crippen LogP contribution < -0.4 is 11.1 Å². The number of ether oxygens (including phenoxy) is 1. The first-order chi connectivity index (χ1) is 8.74. The molecule has 0 bridgehead atoms. The van der Waals surface area contributed by atoms with Crippen LogP contribution in [0.25, 0.3) is 0 Å². The van der Waals surface area contributed by atoms with E-state index in [0.717, 1.165) is 25.9 Å². The normalized spacial score (nSPS) is 19.7. The molecule has 1 amide bonds. The number of nitrogens with zero attached hydrogens (tertiary/aromatic N) is 2. The van der Waals surface area contributed by atoms with E-state index in [0.29, 0.717) is 18.3 Å². The molecule has 1 saturated heterocycles. The molecular weight excluding hydrogens is 232 g/mol. The molecule has 6 heteroatoms. The number of amides is 1. The fraction of sp³-hybridized carbons (Fsp3) is 0.667. The van der Waals surface area contributed by atoms with Crippen molar-refractivity contribution in [2.45, 2.75) is 38.3 Å². The fourth-order valence-electron chi connectivity index (χ4n) is 2.08. The van der Waals surface area contributed by atoms with Crippen molar-refractivity contribution < 1.29 is 9.53 Å². The van der Waals surface area contributed by atoms with E-state index in [1.54, 1.807) is 6.20 Å². The molecule has 0 saturated carbocycles. The summed E-state index contributed by atoms with van der Waals surface area (Å²) in [5, 5.41) is 6.83. The number of nitrogens with one attached hydrogen (secondary N) is 1. The van der Waals surface area contributed by atoms with Crippen LogP contribution in [0.1, 0.15) is 25.7 Å². The Kier molecular flexibility index (Phi) is 4.58. The minimum Gasteiger partial charge on any atom is -0.396 e. The van der Waals surface area contributed by atoms with Gasteiger partial charge in [0.25, 0.3) is 0 Å². The van der Waals surface area contributed by atoms with E-state index >= 15 is 0 Å². The van der Waals surface area contributed by atoms with Crippen LogP contribution in [0.4, 0.5) is 5.69 Å². The number of carbonyl (C=O) groups excluding carboxylic acids is 1. The smallest absolute Gasteiger partial charge is 0.241 e. The zero-order valence-electron chi connectivity index (χ0n) is 10.5. The van der Waals surface area contributed by atoms with Gasteiger partial charge in [-0.05, 0) is 25.7 Å². The highest BCUT2D eigenvalue weighted by Gasteiger charge is 2.13. The number of nitrogens with two attached hydrogens (primary N) is 1. The van der Waals surface area contributed by atoms with Crippen molar-refractivity contribution in [1.29, 1.82) is 0 Å². The molecule has 18 heavy (non-hydrogen) atoms. The zero-order valence-corrected chi connectivity index (χ0v) is 10.5. The van der Waals surface area contributed by atoms with Gasteiger partial charge in [-0.15, -0.1) is 0 Å². The monoisotopic (exact) mass is 252 g/mol. The minimum absolute atomic E-state index is 0.0473. The van der Waals surface area contributed by atoms with Gasteiger partial charge in [0.2, 0.25) is 5.91 Å². The maximum absolute atomic E-state index is 11.6. The third kappa shape index (κ3) is 4.03. The third-order valence-electron chi connectivity index (χ3n) is 3.02. The Labute approximate surface area is 106 Å². The first-order valence-corrected chi connectivity index (χ1v) is 6.40. The number of aromatic nitrogens is 2. The summed E-state index contributed by atoms with van der Waals surface area (Å²) in [6, 6.07) is 0. The van der Waals surface area contributed by atoms with Crippen molar-refractivity contribution in [2.24, 2.45) is 0 Å². The molecule has 1 aliphatic heterocycles. The van der Waals surface area contributed by atoms with Crippen molar-refractivity contribution in [2.75, 3.05) is 18.9 Å². The standard InChI is InChI=1S/C12H20N4O2/c13-10-7-15-16(8-10)9-12(17)14-5-4-11-3-1-2-6-18-11/h7-8,11H,1-6,9,13H2,(H,14,17). The highest BCUT2D eigenvalue weighted by molar-refractivity contribution is 5.75. The van der Waals surface area contributed by atoms with Crippen molar-refractivity contribution in [3.8, 4) is 0 Å². The molecule has 1 unspecified atom stereocenters. The zero-order chi connectivity index (χ0) is 12.8. The number of hydrogen-bond donors (Lipinski definition) is 2. The molecule has 1 aromatic rings. The molecule has 1 fully saturated rings. The highest BCUT2D eigenvalue weighted by Crippen LogP contribution is 2.14. The number of carbonyl (C=O) groups is 1. The maximum atomic E-state index is 11.6. The van der Waals surface area contributed by atoms with Crippen LogP contribution >= 0.6 is 0 Å². The second-order valence-electron chi connectivity index (χ2n) is 4.60. The minimum atomic E-state index is -0.0473. The molecule has 1 aromatic heterocycles. The van der Waals surface area contributed by atoms with E-state index in [4.69, 9.17) is 10.5 Å². The average Bonchev–Trinajstić information content (AvgIpc) is 2.76. The molecule has 0 aromatic carbocycles. The molecule has 1 aliphatic rings. The van der Waals surface area contributed by atoms with Gasteiger partial charge in [0, 0.05) is 19.3 Å². The number of anilines is 1. The van der Waals surface area contributed by atoms with Gasteiger partial charge in [-0.3, -0.25) is 9.48 Å². The second kappa shape index (κ2) is 6.39. The number of rotatable bonds is 5. The fourth-order valence-corrected chi connectivity index (χ4v) is 2.08. The van der Waals surface area contributed by atoms with Crippen molar-refractivity contribution in [3.63, 3.8) is 0 Å². The predicted octanol–water partition coefficient (Wildman–Crippen LogP) is 0.541. The first-order valence-electron chi connectivity index (χ1n) is 6.40. The van der Waals surface area contributed by atoms with Crippen molar-refractivity contribution in [1.82, 2.24) is 15.1 Å². The summed E-state index contributed by atoms with van der Waals surface area (Å²) in [6.45, 7) is 1.72. The summed E-state index contributed by atoms with van der Waals surface area (Å²) < 4.78 is 7.13. The Hall–Kier alpha value is -1.56. The van der Waals surface area contributed by atoms with E-state index in [1.807, 2.05) is 0 Å². The summed E-state index contributed by atoms with van der Waals surface area (Å²) in [6.07, 6.45) is 7.85. The largest absolute Gasteiger partial charge is 0.396 e. The molecular formula is C12H20N4O2. The lowest BCUT2D eigenvalue weighted by Crippen LogP contribution is -2.31. The van der Waals surface area contributed by atoms with Gasteiger partial charge in [0.05, 0.1) is 18.0 Å². The van der Waals surface area contributed by atoms with Gasteiger partial charge in [0.15, 0.2) is 0 Å². The summed E-state index contributed by atoms with van der Waals surface area (Å²) in [5.74, 6) is -0.0473. The quantitative estimate of drug-likeness (QED) is 0.801. The van der Waals surface area contributed by atoms with Gasteiger partial charge in [-0.2, -0.15) is 5.10 Å². The summed E-state index contributed by atoms with van der Waals surface area (Å²) in [5.41, 5.74) is 6.09. The Bertz CT molecular complexity index is 385. The Balaban J connectivity index is 1.62. The van der Waals surface area contributed by atoms with Gasteiger partial charge in [-0.25, -0.2) is 0 Å². The lowest BCUT2D eigenvalue weighted by molar-refractivity contribution is -0.122. The molecule has 6 nitrogen and oxygen atoms in total. The summed E-state index contributed by atoms with van der Waals surface area (Å²) >= 11 is 0. The Morgan fingerprint density at radius 1 is 1.61 bits per heavy atom. The number of nitrogen functional groups attached to an aromatic ring is 1. The lowest BCUT2D eigenvalue weighted by atomic mass is 10.1. The number of hydrogen-bond acceptors (Lipinski definition) is 4. The van der Waals surface area contributed by atoms with Crippen molar-refractivity contribution in [3.05, 3.63) is 12.4 Å². The van der Waals surface area contributed by atoms with E-state index in [2.05, 4.69) is 10.4 Å². The molecule has 0 aliphatic carbocycles. The molecule has 2 rings (SSSR count). The molecule has 2 heterocycles. The molecule has 1 atom stereocenters. The highest BCUT2D eigenvalue weighted by atomic mass is 16.5. The van der Waals surface area contributed by atoms with Crippen LogP contribution in [0.5, 0.6) is 0 Å². The maximum Gasteiger partial charge on any atom is 0.241 e. The second-order valence-corrected chi connectivity index (χ2v) is 4.60. The Morgan fingerprint density at radius 2 is 2.50 bits per heavy atom. The summed E-state index contributed by atoms with van der Waals surface area (Å²) in [7, 11) is 0. The summed E-state index contributed by atoms with van der Waals surface area (Å²) in [4.78, 5) is 11.6. The molecule has 0 radical (unpaired) electrons. The first kappa shape index (κ1) is 12.9. The van der Waals surface area contributed by atoms with Crippen LogP contribution in [0.2, 0.25) is 0 Å². The van der Waals surface area contributed by atoms with Gasteiger partial charge < -0.3 is 15.8 Å². The van der Waals surface area contributed by atoms with E-state index < -0.39 is 0 Å². The van der Waals surface area contributed by atoms with Crippen LogP contribution in [-0.2, 0) is 16.1 Å². The predicted molar refractivity (Wildman–Crippen MR) is 67.9 cm³/mol. The SMILES string of the molecule is Nc1cnn(CC(=O)NCCC2CCCCO2)c1. The van der Waals surface area contributed by atoms with Crippen LogP contribution in [-0.4, -0.2) is 34.9 Å². The van der Waals surface area contributed by atoms with Gasteiger partial charge in [0.1, 0.15) is 6.54 Å². The third-order valence-corrected chi connectivity index (χ3v) is 3.02. The van der Waals surface area contributed by atoms with Crippen LogP contribution in [0.3, 0.4) is 0 Å². The topological polar surface area (TPSA) is 82.2 Å². The lowest BCUT2D eigenvalue weighted by Gasteiger charge is -2.22. The van der Waals surface area contributed by atoms with E-state index in [9.17, 15) is 4.79 Å².